The van der Waals surface area contributed by atoms with Crippen LogP contribution in [0.25, 0.3) is 0 Å². The maximum atomic E-state index is 12.3. The second-order valence-electron chi connectivity index (χ2n) is 5.02. The Hall–Kier alpha value is -0.980. The number of aromatic nitrogens is 1. The van der Waals surface area contributed by atoms with Crippen LogP contribution in [0.4, 0.5) is 0 Å². The molecule has 1 fully saturated rings. The molecule has 18 heavy (non-hydrogen) atoms. The highest BCUT2D eigenvalue weighted by atomic mass is 32.1. The zero-order valence-electron chi connectivity index (χ0n) is 11.1. The molecule has 0 bridgehead atoms. The van der Waals surface area contributed by atoms with Crippen LogP contribution in [0, 0.1) is 0 Å². The smallest absolute Gasteiger partial charge is 0.273 e. The minimum Gasteiger partial charge on any atom is -0.336 e. The predicted molar refractivity (Wildman–Crippen MR) is 72.7 cm³/mol. The number of amides is 1. The Kier molecular flexibility index (Phi) is 3.99. The van der Waals surface area contributed by atoms with Gasteiger partial charge in [-0.3, -0.25) is 4.79 Å². The van der Waals surface area contributed by atoms with Gasteiger partial charge in [-0.15, -0.1) is 11.3 Å². The molecule has 0 radical (unpaired) electrons. The fourth-order valence-electron chi connectivity index (χ4n) is 2.10. The van der Waals surface area contributed by atoms with Gasteiger partial charge in [-0.1, -0.05) is 0 Å². The first-order valence-electron chi connectivity index (χ1n) is 6.15. The van der Waals surface area contributed by atoms with Crippen molar-refractivity contribution < 1.29 is 4.79 Å². The molecule has 6 heteroatoms. The van der Waals surface area contributed by atoms with Crippen LogP contribution in [0.15, 0.2) is 5.38 Å². The van der Waals surface area contributed by atoms with Gasteiger partial charge in [0.1, 0.15) is 10.7 Å². The van der Waals surface area contributed by atoms with Crippen molar-refractivity contribution in [1.82, 2.24) is 14.8 Å². The standard InChI is InChI=1S/C12H20N4OS/c1-8(13)11-14-10(7-18-11)12(17)16-5-4-9(6-16)15(2)3/h7-9H,4-6,13H2,1-3H3. The van der Waals surface area contributed by atoms with Crippen molar-refractivity contribution in [3.05, 3.63) is 16.1 Å². The number of hydrogen-bond acceptors (Lipinski definition) is 5. The van der Waals surface area contributed by atoms with Crippen LogP contribution in [0.5, 0.6) is 0 Å². The quantitative estimate of drug-likeness (QED) is 0.886. The summed E-state index contributed by atoms with van der Waals surface area (Å²) in [6.45, 7) is 3.48. The zero-order chi connectivity index (χ0) is 13.3. The van der Waals surface area contributed by atoms with Crippen LogP contribution in [-0.2, 0) is 0 Å². The number of nitrogens with zero attached hydrogens (tertiary/aromatic N) is 3. The minimum atomic E-state index is -0.107. The Labute approximate surface area is 112 Å². The first kappa shape index (κ1) is 13.5. The molecule has 5 nitrogen and oxygen atoms in total. The molecular weight excluding hydrogens is 248 g/mol. The fourth-order valence-corrected chi connectivity index (χ4v) is 2.86. The van der Waals surface area contributed by atoms with Crippen LogP contribution in [0.3, 0.4) is 0 Å². The summed E-state index contributed by atoms with van der Waals surface area (Å²) >= 11 is 1.46. The van der Waals surface area contributed by atoms with Gasteiger partial charge in [0, 0.05) is 24.5 Å². The molecule has 1 aliphatic rings. The molecule has 0 aromatic carbocycles. The maximum absolute atomic E-state index is 12.3. The molecule has 100 valence electrons. The fraction of sp³-hybridized carbons (Fsp3) is 0.667. The van der Waals surface area contributed by atoms with E-state index in [2.05, 4.69) is 24.0 Å². The topological polar surface area (TPSA) is 62.5 Å². The molecule has 2 N–H and O–H groups in total. The van der Waals surface area contributed by atoms with Crippen molar-refractivity contribution in [2.45, 2.75) is 25.4 Å². The molecule has 1 aromatic rings. The van der Waals surface area contributed by atoms with Gasteiger partial charge >= 0.3 is 0 Å². The molecule has 2 rings (SSSR count). The number of likely N-dealkylation sites (N-methyl/N-ethyl adjacent to an activating group) is 1. The maximum Gasteiger partial charge on any atom is 0.273 e. The van der Waals surface area contributed by atoms with Crippen molar-refractivity contribution in [2.24, 2.45) is 5.73 Å². The number of thiazole rings is 1. The molecule has 2 heterocycles. The van der Waals surface area contributed by atoms with Gasteiger partial charge < -0.3 is 15.5 Å². The largest absolute Gasteiger partial charge is 0.336 e. The molecule has 1 aliphatic heterocycles. The summed E-state index contributed by atoms with van der Waals surface area (Å²) in [5, 5.41) is 2.63. The molecule has 0 aliphatic carbocycles. The number of rotatable bonds is 3. The van der Waals surface area contributed by atoms with Gasteiger partial charge in [0.25, 0.3) is 5.91 Å². The van der Waals surface area contributed by atoms with Crippen molar-refractivity contribution >= 4 is 17.2 Å². The summed E-state index contributed by atoms with van der Waals surface area (Å²) < 4.78 is 0. The number of hydrogen-bond donors (Lipinski definition) is 1. The second kappa shape index (κ2) is 5.34. The first-order chi connectivity index (χ1) is 8.49. The molecular formula is C12H20N4OS. The second-order valence-corrected chi connectivity index (χ2v) is 5.91. The monoisotopic (exact) mass is 268 g/mol. The lowest BCUT2D eigenvalue weighted by atomic mass is 10.2. The van der Waals surface area contributed by atoms with E-state index < -0.39 is 0 Å². The molecule has 2 atom stereocenters. The highest BCUT2D eigenvalue weighted by Crippen LogP contribution is 2.20. The summed E-state index contributed by atoms with van der Waals surface area (Å²) in [5.74, 6) is 0.0301. The van der Waals surface area contributed by atoms with E-state index in [0.717, 1.165) is 24.5 Å². The van der Waals surface area contributed by atoms with E-state index in [-0.39, 0.29) is 11.9 Å². The Bertz CT molecular complexity index is 429. The lowest BCUT2D eigenvalue weighted by Gasteiger charge is -2.19. The highest BCUT2D eigenvalue weighted by molar-refractivity contribution is 7.09. The first-order valence-corrected chi connectivity index (χ1v) is 7.03. The van der Waals surface area contributed by atoms with Crippen LogP contribution in [0.2, 0.25) is 0 Å². The molecule has 0 spiro atoms. The lowest BCUT2D eigenvalue weighted by Crippen LogP contribution is -2.34. The van der Waals surface area contributed by atoms with E-state index in [9.17, 15) is 4.79 Å². The third-order valence-electron chi connectivity index (χ3n) is 3.31. The van der Waals surface area contributed by atoms with Gasteiger partial charge in [-0.2, -0.15) is 0 Å². The van der Waals surface area contributed by atoms with Gasteiger partial charge in [0.05, 0.1) is 6.04 Å². The van der Waals surface area contributed by atoms with Crippen LogP contribution in [0.1, 0.15) is 34.9 Å². The molecule has 1 saturated heterocycles. The average Bonchev–Trinajstić information content (AvgIpc) is 2.97. The third-order valence-corrected chi connectivity index (χ3v) is 4.36. The number of likely N-dealkylation sites (tertiary alicyclic amines) is 1. The Morgan fingerprint density at radius 3 is 2.89 bits per heavy atom. The molecule has 1 aromatic heterocycles. The normalized spacial score (nSPS) is 21.6. The SMILES string of the molecule is CC(N)c1nc(C(=O)N2CCC(N(C)C)C2)cs1. The highest BCUT2D eigenvalue weighted by Gasteiger charge is 2.29. The van der Waals surface area contributed by atoms with E-state index in [1.807, 2.05) is 17.2 Å². The van der Waals surface area contributed by atoms with Crippen LogP contribution in [-0.4, -0.2) is 53.9 Å². The zero-order valence-corrected chi connectivity index (χ0v) is 11.9. The van der Waals surface area contributed by atoms with E-state index >= 15 is 0 Å². The predicted octanol–water partition coefficient (Wildman–Crippen LogP) is 0.939. The van der Waals surface area contributed by atoms with Gasteiger partial charge in [0.15, 0.2) is 0 Å². The molecule has 2 unspecified atom stereocenters. The van der Waals surface area contributed by atoms with Crippen LogP contribution < -0.4 is 5.73 Å². The summed E-state index contributed by atoms with van der Waals surface area (Å²) in [6, 6.07) is 0.352. The van der Waals surface area contributed by atoms with E-state index in [1.54, 1.807) is 0 Å². The van der Waals surface area contributed by atoms with Crippen molar-refractivity contribution in [1.29, 1.82) is 0 Å². The van der Waals surface area contributed by atoms with Crippen molar-refractivity contribution in [2.75, 3.05) is 27.2 Å². The van der Waals surface area contributed by atoms with E-state index in [4.69, 9.17) is 5.73 Å². The Morgan fingerprint density at radius 1 is 1.67 bits per heavy atom. The average molecular weight is 268 g/mol. The third kappa shape index (κ3) is 2.71. The number of nitrogens with two attached hydrogens (primary N) is 1. The molecule has 0 saturated carbocycles. The molecule has 1 amide bonds. The summed E-state index contributed by atoms with van der Waals surface area (Å²) in [5.41, 5.74) is 6.29. The summed E-state index contributed by atoms with van der Waals surface area (Å²) in [6.07, 6.45) is 1.03. The minimum absolute atomic E-state index is 0.0301. The van der Waals surface area contributed by atoms with E-state index in [1.165, 1.54) is 11.3 Å². The van der Waals surface area contributed by atoms with Gasteiger partial charge in [-0.05, 0) is 27.4 Å². The van der Waals surface area contributed by atoms with Gasteiger partial charge in [0.2, 0.25) is 0 Å². The van der Waals surface area contributed by atoms with Gasteiger partial charge in [-0.25, -0.2) is 4.98 Å². The summed E-state index contributed by atoms with van der Waals surface area (Å²) in [7, 11) is 4.10. The Balaban J connectivity index is 2.03. The van der Waals surface area contributed by atoms with E-state index in [0.29, 0.717) is 11.7 Å². The number of carbonyl (C=O) groups is 1. The van der Waals surface area contributed by atoms with Crippen LogP contribution >= 0.6 is 11.3 Å². The van der Waals surface area contributed by atoms with Crippen molar-refractivity contribution in [3.63, 3.8) is 0 Å². The summed E-state index contributed by atoms with van der Waals surface area (Å²) in [4.78, 5) is 20.6. The Morgan fingerprint density at radius 2 is 2.39 bits per heavy atom. The lowest BCUT2D eigenvalue weighted by molar-refractivity contribution is 0.0778. The number of carbonyl (C=O) groups excluding carboxylic acids is 1. The van der Waals surface area contributed by atoms with Crippen molar-refractivity contribution in [3.8, 4) is 0 Å².